The van der Waals surface area contributed by atoms with E-state index in [0.717, 1.165) is 31.2 Å². The largest absolute Gasteiger partial charge is 0.357 e. The Labute approximate surface area is 139 Å². The third-order valence-electron chi connectivity index (χ3n) is 4.17. The minimum atomic E-state index is -0.166. The Morgan fingerprint density at radius 2 is 2.00 bits per heavy atom. The van der Waals surface area contributed by atoms with Gasteiger partial charge in [-0.1, -0.05) is 18.6 Å². The number of hydrogen-bond donors (Lipinski definition) is 2. The SMILES string of the molecule is CCNC(=NCc1ccc(C)c(F)c1)NCCN1CCCCC1. The van der Waals surface area contributed by atoms with Crippen LogP contribution in [0.1, 0.15) is 37.3 Å². The Balaban J connectivity index is 1.82. The van der Waals surface area contributed by atoms with E-state index in [2.05, 4.69) is 20.5 Å². The summed E-state index contributed by atoms with van der Waals surface area (Å²) >= 11 is 0. The molecule has 0 aliphatic carbocycles. The summed E-state index contributed by atoms with van der Waals surface area (Å²) in [6.07, 6.45) is 3.99. The molecule has 0 saturated carbocycles. The number of aliphatic imine (C=N–C) groups is 1. The number of nitrogens with zero attached hydrogens (tertiary/aromatic N) is 2. The average molecular weight is 320 g/mol. The van der Waals surface area contributed by atoms with Crippen molar-refractivity contribution >= 4 is 5.96 Å². The molecule has 2 rings (SSSR count). The first-order chi connectivity index (χ1) is 11.2. The van der Waals surface area contributed by atoms with Crippen molar-refractivity contribution in [3.63, 3.8) is 0 Å². The molecule has 0 aromatic heterocycles. The van der Waals surface area contributed by atoms with E-state index in [1.54, 1.807) is 19.1 Å². The predicted molar refractivity (Wildman–Crippen MR) is 94.2 cm³/mol. The molecule has 1 aromatic rings. The summed E-state index contributed by atoms with van der Waals surface area (Å²) in [5.41, 5.74) is 1.56. The normalized spacial score (nSPS) is 16.4. The van der Waals surface area contributed by atoms with Gasteiger partial charge < -0.3 is 15.5 Å². The molecule has 1 aliphatic heterocycles. The van der Waals surface area contributed by atoms with Gasteiger partial charge >= 0.3 is 0 Å². The zero-order chi connectivity index (χ0) is 16.5. The van der Waals surface area contributed by atoms with Gasteiger partial charge in [-0.25, -0.2) is 9.38 Å². The molecule has 0 amide bonds. The van der Waals surface area contributed by atoms with Crippen LogP contribution in [0.15, 0.2) is 23.2 Å². The number of likely N-dealkylation sites (tertiary alicyclic amines) is 1. The minimum Gasteiger partial charge on any atom is -0.357 e. The lowest BCUT2D eigenvalue weighted by Gasteiger charge is -2.26. The fourth-order valence-electron chi connectivity index (χ4n) is 2.76. The molecular formula is C18H29FN4. The van der Waals surface area contributed by atoms with E-state index in [9.17, 15) is 4.39 Å². The zero-order valence-electron chi connectivity index (χ0n) is 14.4. The number of halogens is 1. The molecule has 0 unspecified atom stereocenters. The van der Waals surface area contributed by atoms with Gasteiger partial charge in [-0.05, 0) is 57.0 Å². The first kappa shape index (κ1) is 17.7. The topological polar surface area (TPSA) is 39.7 Å². The molecule has 0 bridgehead atoms. The molecule has 1 saturated heterocycles. The van der Waals surface area contributed by atoms with Crippen molar-refractivity contribution < 1.29 is 4.39 Å². The summed E-state index contributed by atoms with van der Waals surface area (Å²) < 4.78 is 13.6. The van der Waals surface area contributed by atoms with E-state index in [-0.39, 0.29) is 5.82 Å². The highest BCUT2D eigenvalue weighted by Crippen LogP contribution is 2.10. The van der Waals surface area contributed by atoms with Crippen LogP contribution in [0, 0.1) is 12.7 Å². The smallest absolute Gasteiger partial charge is 0.191 e. The van der Waals surface area contributed by atoms with Crippen molar-refractivity contribution in [2.24, 2.45) is 4.99 Å². The highest BCUT2D eigenvalue weighted by molar-refractivity contribution is 5.79. The fourth-order valence-corrected chi connectivity index (χ4v) is 2.76. The monoisotopic (exact) mass is 320 g/mol. The third-order valence-corrected chi connectivity index (χ3v) is 4.17. The summed E-state index contributed by atoms with van der Waals surface area (Å²) in [5.74, 6) is 0.631. The molecule has 0 atom stereocenters. The van der Waals surface area contributed by atoms with Crippen molar-refractivity contribution in [2.45, 2.75) is 39.7 Å². The van der Waals surface area contributed by atoms with E-state index in [0.29, 0.717) is 12.1 Å². The van der Waals surface area contributed by atoms with Gasteiger partial charge in [0.2, 0.25) is 0 Å². The first-order valence-corrected chi connectivity index (χ1v) is 8.68. The van der Waals surface area contributed by atoms with Crippen molar-refractivity contribution in [3.8, 4) is 0 Å². The molecule has 2 N–H and O–H groups in total. The Morgan fingerprint density at radius 3 is 2.70 bits per heavy atom. The number of rotatable bonds is 6. The number of benzene rings is 1. The van der Waals surface area contributed by atoms with Gasteiger partial charge in [0.1, 0.15) is 5.82 Å². The summed E-state index contributed by atoms with van der Waals surface area (Å²) in [7, 11) is 0. The highest BCUT2D eigenvalue weighted by atomic mass is 19.1. The van der Waals surface area contributed by atoms with Gasteiger partial charge in [-0.3, -0.25) is 0 Å². The molecule has 4 nitrogen and oxygen atoms in total. The van der Waals surface area contributed by atoms with E-state index in [1.165, 1.54) is 32.4 Å². The second-order valence-electron chi connectivity index (χ2n) is 6.11. The van der Waals surface area contributed by atoms with Crippen molar-refractivity contribution in [3.05, 3.63) is 35.1 Å². The van der Waals surface area contributed by atoms with Crippen LogP contribution in [0.2, 0.25) is 0 Å². The number of hydrogen-bond acceptors (Lipinski definition) is 2. The van der Waals surface area contributed by atoms with E-state index in [4.69, 9.17) is 0 Å². The maximum absolute atomic E-state index is 13.6. The average Bonchev–Trinajstić information content (AvgIpc) is 2.56. The zero-order valence-corrected chi connectivity index (χ0v) is 14.4. The third kappa shape index (κ3) is 6.18. The van der Waals surface area contributed by atoms with Crippen molar-refractivity contribution in [2.75, 3.05) is 32.7 Å². The lowest BCUT2D eigenvalue weighted by Crippen LogP contribution is -2.42. The van der Waals surface area contributed by atoms with Gasteiger partial charge in [-0.2, -0.15) is 0 Å². The molecule has 128 valence electrons. The van der Waals surface area contributed by atoms with Gasteiger partial charge in [-0.15, -0.1) is 0 Å². The highest BCUT2D eigenvalue weighted by Gasteiger charge is 2.09. The first-order valence-electron chi connectivity index (χ1n) is 8.68. The molecule has 1 heterocycles. The summed E-state index contributed by atoms with van der Waals surface area (Å²) in [6, 6.07) is 5.30. The van der Waals surface area contributed by atoms with Crippen molar-refractivity contribution in [1.82, 2.24) is 15.5 Å². The Morgan fingerprint density at radius 1 is 1.22 bits per heavy atom. The lowest BCUT2D eigenvalue weighted by molar-refractivity contribution is 0.232. The van der Waals surface area contributed by atoms with Crippen LogP contribution >= 0.6 is 0 Å². The molecule has 1 fully saturated rings. The molecule has 1 aliphatic rings. The van der Waals surface area contributed by atoms with Gasteiger partial charge in [0, 0.05) is 19.6 Å². The van der Waals surface area contributed by atoms with Crippen LogP contribution in [0.3, 0.4) is 0 Å². The molecule has 5 heteroatoms. The van der Waals surface area contributed by atoms with E-state index >= 15 is 0 Å². The second-order valence-corrected chi connectivity index (χ2v) is 6.11. The molecular weight excluding hydrogens is 291 g/mol. The molecule has 23 heavy (non-hydrogen) atoms. The summed E-state index contributed by atoms with van der Waals surface area (Å²) in [4.78, 5) is 7.04. The Kier molecular flexibility index (Phi) is 7.33. The minimum absolute atomic E-state index is 0.166. The number of nitrogens with one attached hydrogen (secondary N) is 2. The second kappa shape index (κ2) is 9.50. The van der Waals surface area contributed by atoms with Crippen LogP contribution in [0.4, 0.5) is 4.39 Å². The van der Waals surface area contributed by atoms with Gasteiger partial charge in [0.25, 0.3) is 0 Å². The Hall–Kier alpha value is -1.62. The van der Waals surface area contributed by atoms with Crippen molar-refractivity contribution in [1.29, 1.82) is 0 Å². The van der Waals surface area contributed by atoms with Crippen LogP contribution in [0.5, 0.6) is 0 Å². The molecule has 0 spiro atoms. The van der Waals surface area contributed by atoms with E-state index < -0.39 is 0 Å². The van der Waals surface area contributed by atoms with Gasteiger partial charge in [0.05, 0.1) is 6.54 Å². The molecule has 0 radical (unpaired) electrons. The fraction of sp³-hybridized carbons (Fsp3) is 0.611. The molecule has 1 aromatic carbocycles. The van der Waals surface area contributed by atoms with Crippen LogP contribution in [-0.4, -0.2) is 43.6 Å². The lowest BCUT2D eigenvalue weighted by atomic mass is 10.1. The maximum Gasteiger partial charge on any atom is 0.191 e. The standard InChI is InChI=1S/C18H29FN4/c1-3-20-18(21-9-12-23-10-5-4-6-11-23)22-14-16-8-7-15(2)17(19)13-16/h7-8,13H,3-6,9-12,14H2,1-2H3,(H2,20,21,22). The van der Waals surface area contributed by atoms with Crippen LogP contribution < -0.4 is 10.6 Å². The van der Waals surface area contributed by atoms with E-state index in [1.807, 2.05) is 13.0 Å². The van der Waals surface area contributed by atoms with Gasteiger partial charge in [0.15, 0.2) is 5.96 Å². The van der Waals surface area contributed by atoms with Crippen LogP contribution in [-0.2, 0) is 6.54 Å². The summed E-state index contributed by atoms with van der Waals surface area (Å²) in [5, 5.41) is 6.61. The summed E-state index contributed by atoms with van der Waals surface area (Å²) in [6.45, 7) is 9.46. The maximum atomic E-state index is 13.6. The number of piperidine rings is 1. The Bertz CT molecular complexity index is 510. The number of aryl methyl sites for hydroxylation is 1. The van der Waals surface area contributed by atoms with Crippen LogP contribution in [0.25, 0.3) is 0 Å². The number of guanidine groups is 1. The predicted octanol–water partition coefficient (Wildman–Crippen LogP) is 2.68. The quantitative estimate of drug-likeness (QED) is 0.625.